The van der Waals surface area contributed by atoms with Crippen molar-refractivity contribution in [1.29, 1.82) is 0 Å². The van der Waals surface area contributed by atoms with E-state index in [2.05, 4.69) is 10.0 Å². The van der Waals surface area contributed by atoms with Crippen LogP contribution in [0.15, 0.2) is 21.7 Å². The van der Waals surface area contributed by atoms with Gasteiger partial charge in [0.15, 0.2) is 0 Å². The quantitative estimate of drug-likeness (QED) is 0.808. The molecule has 1 aromatic heterocycles. The van der Waals surface area contributed by atoms with Crippen LogP contribution in [-0.2, 0) is 14.8 Å². The number of sulfonamides is 1. The van der Waals surface area contributed by atoms with E-state index < -0.39 is 21.7 Å². The van der Waals surface area contributed by atoms with Crippen LogP contribution in [0.3, 0.4) is 0 Å². The first kappa shape index (κ1) is 15.9. The number of alkyl carbamates (subject to hydrolysis) is 1. The highest BCUT2D eigenvalue weighted by atomic mass is 32.2. The summed E-state index contributed by atoms with van der Waals surface area (Å²) in [6.07, 6.45) is -0.567. The molecule has 8 heteroatoms. The molecule has 1 aromatic rings. The molecular weight excluding hydrogens is 288 g/mol. The van der Waals surface area contributed by atoms with Crippen LogP contribution in [0.1, 0.15) is 20.8 Å². The first-order valence-corrected chi connectivity index (χ1v) is 8.07. The van der Waals surface area contributed by atoms with Crippen molar-refractivity contribution < 1.29 is 17.9 Å². The van der Waals surface area contributed by atoms with Crippen LogP contribution in [0.5, 0.6) is 0 Å². The second kappa shape index (κ2) is 6.36. The Bertz CT molecular complexity index is 503. The molecule has 0 radical (unpaired) electrons. The second-order valence-electron chi connectivity index (χ2n) is 4.76. The summed E-state index contributed by atoms with van der Waals surface area (Å²) in [6.45, 7) is 5.54. The summed E-state index contributed by atoms with van der Waals surface area (Å²) in [4.78, 5) is 11.3. The molecule has 1 amide bonds. The lowest BCUT2D eigenvalue weighted by Crippen LogP contribution is -2.37. The van der Waals surface area contributed by atoms with Gasteiger partial charge in [0.1, 0.15) is 9.81 Å². The van der Waals surface area contributed by atoms with Gasteiger partial charge in [0.25, 0.3) is 0 Å². The monoisotopic (exact) mass is 306 g/mol. The SMILES string of the molecule is CC(C)(C)OC(=O)NCCNS(=O)(=O)c1cccs1. The number of amides is 1. The third-order valence-corrected chi connectivity index (χ3v) is 4.70. The van der Waals surface area contributed by atoms with E-state index >= 15 is 0 Å². The number of thiophene rings is 1. The molecule has 0 saturated heterocycles. The van der Waals surface area contributed by atoms with Gasteiger partial charge < -0.3 is 10.1 Å². The van der Waals surface area contributed by atoms with Crippen molar-refractivity contribution in [2.75, 3.05) is 13.1 Å². The molecule has 1 heterocycles. The normalized spacial score (nSPS) is 12.2. The summed E-state index contributed by atoms with van der Waals surface area (Å²) in [5.41, 5.74) is -0.569. The van der Waals surface area contributed by atoms with E-state index in [4.69, 9.17) is 4.74 Å². The van der Waals surface area contributed by atoms with Crippen LogP contribution in [0.25, 0.3) is 0 Å². The third-order valence-electron chi connectivity index (χ3n) is 1.85. The van der Waals surface area contributed by atoms with Gasteiger partial charge in [-0.05, 0) is 32.2 Å². The molecule has 6 nitrogen and oxygen atoms in total. The van der Waals surface area contributed by atoms with Crippen molar-refractivity contribution >= 4 is 27.5 Å². The van der Waals surface area contributed by atoms with Crippen LogP contribution >= 0.6 is 11.3 Å². The van der Waals surface area contributed by atoms with E-state index in [1.165, 1.54) is 6.07 Å². The number of ether oxygens (including phenoxy) is 1. The van der Waals surface area contributed by atoms with E-state index in [-0.39, 0.29) is 17.3 Å². The third kappa shape index (κ3) is 6.04. The highest BCUT2D eigenvalue weighted by molar-refractivity contribution is 7.91. The molecule has 0 unspecified atom stereocenters. The zero-order valence-corrected chi connectivity index (χ0v) is 12.7. The molecule has 0 saturated carbocycles. The van der Waals surface area contributed by atoms with Crippen molar-refractivity contribution in [2.45, 2.75) is 30.6 Å². The zero-order chi connectivity index (χ0) is 14.5. The zero-order valence-electron chi connectivity index (χ0n) is 11.1. The lowest BCUT2D eigenvalue weighted by molar-refractivity contribution is 0.0529. The molecule has 0 atom stereocenters. The predicted octanol–water partition coefficient (Wildman–Crippen LogP) is 1.55. The molecule has 0 bridgehead atoms. The van der Waals surface area contributed by atoms with E-state index in [0.717, 1.165) is 11.3 Å². The molecule has 0 aliphatic rings. The standard InChI is InChI=1S/C11H18N2O4S2/c1-11(2,3)17-10(14)12-6-7-13-19(15,16)9-5-4-8-18-9/h4-5,8,13H,6-7H2,1-3H3,(H,12,14). The topological polar surface area (TPSA) is 84.5 Å². The van der Waals surface area contributed by atoms with Crippen molar-refractivity contribution in [1.82, 2.24) is 10.0 Å². The summed E-state index contributed by atoms with van der Waals surface area (Å²) in [5.74, 6) is 0. The maximum absolute atomic E-state index is 11.7. The lowest BCUT2D eigenvalue weighted by Gasteiger charge is -2.19. The first-order valence-electron chi connectivity index (χ1n) is 5.71. The van der Waals surface area contributed by atoms with Gasteiger partial charge in [-0.2, -0.15) is 0 Å². The van der Waals surface area contributed by atoms with Crippen LogP contribution in [0.2, 0.25) is 0 Å². The largest absolute Gasteiger partial charge is 0.444 e. The van der Waals surface area contributed by atoms with Crippen LogP contribution < -0.4 is 10.0 Å². The minimum Gasteiger partial charge on any atom is -0.444 e. The van der Waals surface area contributed by atoms with Gasteiger partial charge >= 0.3 is 6.09 Å². The van der Waals surface area contributed by atoms with Gasteiger partial charge in [-0.3, -0.25) is 0 Å². The van der Waals surface area contributed by atoms with Crippen LogP contribution in [0, 0.1) is 0 Å². The number of carbonyl (C=O) groups is 1. The van der Waals surface area contributed by atoms with Gasteiger partial charge in [0, 0.05) is 13.1 Å². The average molecular weight is 306 g/mol. The fourth-order valence-corrected chi connectivity index (χ4v) is 3.22. The van der Waals surface area contributed by atoms with Gasteiger partial charge in [0.2, 0.25) is 10.0 Å². The highest BCUT2D eigenvalue weighted by Crippen LogP contribution is 2.14. The summed E-state index contributed by atoms with van der Waals surface area (Å²) in [6, 6.07) is 3.19. The number of nitrogens with one attached hydrogen (secondary N) is 2. The van der Waals surface area contributed by atoms with Gasteiger partial charge in [-0.15, -0.1) is 11.3 Å². The first-order chi connectivity index (χ1) is 8.71. The molecule has 0 aliphatic carbocycles. The Kier molecular flexibility index (Phi) is 5.33. The van der Waals surface area contributed by atoms with Crippen molar-refractivity contribution in [3.05, 3.63) is 17.5 Å². The maximum Gasteiger partial charge on any atom is 0.407 e. The van der Waals surface area contributed by atoms with Crippen molar-refractivity contribution in [2.24, 2.45) is 0 Å². The van der Waals surface area contributed by atoms with E-state index in [0.29, 0.717) is 0 Å². The Morgan fingerprint density at radius 3 is 2.58 bits per heavy atom. The number of rotatable bonds is 5. The molecule has 0 fully saturated rings. The van der Waals surface area contributed by atoms with E-state index in [1.54, 1.807) is 32.2 Å². The molecule has 108 valence electrons. The van der Waals surface area contributed by atoms with E-state index in [1.807, 2.05) is 0 Å². The van der Waals surface area contributed by atoms with E-state index in [9.17, 15) is 13.2 Å². The molecular formula is C11H18N2O4S2. The molecule has 1 rings (SSSR count). The summed E-state index contributed by atoms with van der Waals surface area (Å²) >= 11 is 1.14. The highest BCUT2D eigenvalue weighted by Gasteiger charge is 2.17. The molecule has 0 aromatic carbocycles. The van der Waals surface area contributed by atoms with Gasteiger partial charge in [-0.25, -0.2) is 17.9 Å². The minimum absolute atomic E-state index is 0.111. The molecule has 19 heavy (non-hydrogen) atoms. The average Bonchev–Trinajstić information content (AvgIpc) is 2.75. The van der Waals surface area contributed by atoms with Gasteiger partial charge in [0.05, 0.1) is 0 Å². The van der Waals surface area contributed by atoms with Crippen molar-refractivity contribution in [3.63, 3.8) is 0 Å². The summed E-state index contributed by atoms with van der Waals surface area (Å²) < 4.78 is 31.1. The Balaban J connectivity index is 2.30. The second-order valence-corrected chi connectivity index (χ2v) is 7.70. The van der Waals surface area contributed by atoms with Gasteiger partial charge in [-0.1, -0.05) is 6.07 Å². The smallest absolute Gasteiger partial charge is 0.407 e. The number of hydrogen-bond donors (Lipinski definition) is 2. The molecule has 0 aliphatic heterocycles. The molecule has 2 N–H and O–H groups in total. The molecule has 0 spiro atoms. The minimum atomic E-state index is -3.47. The van der Waals surface area contributed by atoms with Crippen LogP contribution in [0.4, 0.5) is 4.79 Å². The fourth-order valence-electron chi connectivity index (χ4n) is 1.15. The van der Waals surface area contributed by atoms with Crippen molar-refractivity contribution in [3.8, 4) is 0 Å². The Labute approximate surface area is 117 Å². The Morgan fingerprint density at radius 2 is 2.05 bits per heavy atom. The predicted molar refractivity (Wildman–Crippen MR) is 73.7 cm³/mol. The lowest BCUT2D eigenvalue weighted by atomic mass is 10.2. The van der Waals surface area contributed by atoms with Crippen LogP contribution in [-0.4, -0.2) is 33.2 Å². The fraction of sp³-hybridized carbons (Fsp3) is 0.545. The number of hydrogen-bond acceptors (Lipinski definition) is 5. The summed E-state index contributed by atoms with van der Waals surface area (Å²) in [7, 11) is -3.47. The number of carbonyl (C=O) groups excluding carboxylic acids is 1. The summed E-state index contributed by atoms with van der Waals surface area (Å²) in [5, 5.41) is 4.16. The Morgan fingerprint density at radius 1 is 1.37 bits per heavy atom. The maximum atomic E-state index is 11.7. The Hall–Kier alpha value is -1.12.